The molecule has 4 heteroatoms. The number of carbonyl (C=O) groups excluding carboxylic acids is 1. The van der Waals surface area contributed by atoms with Gasteiger partial charge in [0.25, 0.3) is 0 Å². The number of amides is 1. The summed E-state index contributed by atoms with van der Waals surface area (Å²) in [5.41, 5.74) is 7.27. The van der Waals surface area contributed by atoms with Crippen LogP contribution in [0.1, 0.15) is 31.0 Å². The zero-order chi connectivity index (χ0) is 14.1. The van der Waals surface area contributed by atoms with Gasteiger partial charge in [0.1, 0.15) is 6.61 Å². The second-order valence-electron chi connectivity index (χ2n) is 4.05. The van der Waals surface area contributed by atoms with Crippen LogP contribution in [0.4, 0.5) is 0 Å². The quantitative estimate of drug-likeness (QED) is 0.782. The summed E-state index contributed by atoms with van der Waals surface area (Å²) in [6.45, 7) is 4.78. The normalized spacial score (nSPS) is 11.3. The fourth-order valence-electron chi connectivity index (χ4n) is 1.57. The molecule has 102 valence electrons. The molecule has 1 aromatic rings. The lowest BCUT2D eigenvalue weighted by molar-refractivity contribution is -0.126. The van der Waals surface area contributed by atoms with Gasteiger partial charge in [0.05, 0.1) is 12.6 Å². The highest BCUT2D eigenvalue weighted by Gasteiger charge is 2.08. The minimum atomic E-state index is -0.110. The van der Waals surface area contributed by atoms with E-state index in [9.17, 15) is 4.79 Å². The van der Waals surface area contributed by atoms with E-state index in [1.807, 2.05) is 38.1 Å². The van der Waals surface area contributed by atoms with Crippen LogP contribution < -0.4 is 11.1 Å². The second kappa shape index (κ2) is 8.30. The van der Waals surface area contributed by atoms with Crippen LogP contribution in [0.5, 0.6) is 0 Å². The van der Waals surface area contributed by atoms with Gasteiger partial charge in [-0.05, 0) is 31.5 Å². The van der Waals surface area contributed by atoms with Crippen LogP contribution in [0, 0.1) is 11.8 Å². The molecule has 0 aliphatic rings. The van der Waals surface area contributed by atoms with Crippen LogP contribution in [0.15, 0.2) is 24.3 Å². The molecule has 1 amide bonds. The Hall–Kier alpha value is -1.83. The number of nitrogens with two attached hydrogens (primary N) is 1. The van der Waals surface area contributed by atoms with Crippen molar-refractivity contribution in [1.82, 2.24) is 5.32 Å². The van der Waals surface area contributed by atoms with Crippen molar-refractivity contribution in [1.29, 1.82) is 0 Å². The highest BCUT2D eigenvalue weighted by molar-refractivity contribution is 5.77. The first-order valence-electron chi connectivity index (χ1n) is 6.33. The van der Waals surface area contributed by atoms with Crippen molar-refractivity contribution < 1.29 is 9.53 Å². The van der Waals surface area contributed by atoms with Gasteiger partial charge in [-0.2, -0.15) is 0 Å². The van der Waals surface area contributed by atoms with Crippen LogP contribution in [-0.2, 0) is 9.53 Å². The van der Waals surface area contributed by atoms with E-state index >= 15 is 0 Å². The van der Waals surface area contributed by atoms with E-state index in [0.717, 1.165) is 11.1 Å². The van der Waals surface area contributed by atoms with Crippen LogP contribution in [0.3, 0.4) is 0 Å². The van der Waals surface area contributed by atoms with Crippen molar-refractivity contribution in [3.05, 3.63) is 35.4 Å². The molecule has 0 fully saturated rings. The molecule has 1 aromatic carbocycles. The molecule has 1 rings (SSSR count). The Morgan fingerprint density at radius 2 is 2.11 bits per heavy atom. The standard InChI is InChI=1S/C15H20N2O2/c1-3-19-11-15(18)17-12(2)14-8-6-13(7-9-14)5-4-10-16/h6-9,12H,3,10-11,16H2,1-2H3,(H,17,18). The lowest BCUT2D eigenvalue weighted by Gasteiger charge is -2.14. The van der Waals surface area contributed by atoms with Gasteiger partial charge in [-0.15, -0.1) is 0 Å². The lowest BCUT2D eigenvalue weighted by Crippen LogP contribution is -2.30. The fourth-order valence-corrected chi connectivity index (χ4v) is 1.57. The highest BCUT2D eigenvalue weighted by Crippen LogP contribution is 2.12. The number of benzene rings is 1. The SMILES string of the molecule is CCOCC(=O)NC(C)c1ccc(C#CCN)cc1. The third-order valence-electron chi connectivity index (χ3n) is 2.56. The highest BCUT2D eigenvalue weighted by atomic mass is 16.5. The molecule has 19 heavy (non-hydrogen) atoms. The summed E-state index contributed by atoms with van der Waals surface area (Å²) in [6.07, 6.45) is 0. The average Bonchev–Trinajstić information content (AvgIpc) is 2.43. The second-order valence-corrected chi connectivity index (χ2v) is 4.05. The minimum absolute atomic E-state index is 0.0514. The number of carbonyl (C=O) groups is 1. The maximum Gasteiger partial charge on any atom is 0.246 e. The van der Waals surface area contributed by atoms with Crippen LogP contribution >= 0.6 is 0 Å². The molecule has 0 aliphatic heterocycles. The Morgan fingerprint density at radius 1 is 1.42 bits per heavy atom. The summed E-state index contributed by atoms with van der Waals surface area (Å²) in [5, 5.41) is 2.87. The molecule has 3 N–H and O–H groups in total. The Morgan fingerprint density at radius 3 is 2.68 bits per heavy atom. The van der Waals surface area contributed by atoms with Gasteiger partial charge in [-0.1, -0.05) is 24.0 Å². The van der Waals surface area contributed by atoms with Crippen molar-refractivity contribution in [2.24, 2.45) is 5.73 Å². The van der Waals surface area contributed by atoms with Crippen molar-refractivity contribution in [3.8, 4) is 11.8 Å². The molecule has 0 aliphatic carbocycles. The van der Waals surface area contributed by atoms with Gasteiger partial charge in [-0.3, -0.25) is 4.79 Å². The van der Waals surface area contributed by atoms with Crippen molar-refractivity contribution >= 4 is 5.91 Å². The van der Waals surface area contributed by atoms with E-state index in [1.54, 1.807) is 0 Å². The minimum Gasteiger partial charge on any atom is -0.372 e. The van der Waals surface area contributed by atoms with Gasteiger partial charge >= 0.3 is 0 Å². The summed E-state index contributed by atoms with van der Waals surface area (Å²) in [6, 6.07) is 7.69. The molecule has 0 saturated carbocycles. The average molecular weight is 260 g/mol. The Labute approximate surface area is 114 Å². The van der Waals surface area contributed by atoms with E-state index in [4.69, 9.17) is 10.5 Å². The smallest absolute Gasteiger partial charge is 0.246 e. The van der Waals surface area contributed by atoms with Gasteiger partial charge in [0.15, 0.2) is 0 Å². The first-order valence-corrected chi connectivity index (χ1v) is 6.33. The first-order chi connectivity index (χ1) is 9.17. The topological polar surface area (TPSA) is 64.3 Å². The lowest BCUT2D eigenvalue weighted by atomic mass is 10.1. The maximum absolute atomic E-state index is 11.5. The van der Waals surface area contributed by atoms with Crippen LogP contribution in [-0.4, -0.2) is 25.7 Å². The molecule has 0 bridgehead atoms. The molecule has 1 atom stereocenters. The summed E-state index contributed by atoms with van der Waals surface area (Å²) >= 11 is 0. The molecule has 0 spiro atoms. The number of ether oxygens (including phenoxy) is 1. The molecule has 0 radical (unpaired) electrons. The number of rotatable bonds is 5. The van der Waals surface area contributed by atoms with Gasteiger partial charge in [-0.25, -0.2) is 0 Å². The van der Waals surface area contributed by atoms with E-state index in [0.29, 0.717) is 13.2 Å². The van der Waals surface area contributed by atoms with Gasteiger partial charge < -0.3 is 15.8 Å². The maximum atomic E-state index is 11.5. The molecule has 4 nitrogen and oxygen atoms in total. The molecular weight excluding hydrogens is 240 g/mol. The summed E-state index contributed by atoms with van der Waals surface area (Å²) in [7, 11) is 0. The van der Waals surface area contributed by atoms with Crippen molar-refractivity contribution in [3.63, 3.8) is 0 Å². The van der Waals surface area contributed by atoms with Crippen molar-refractivity contribution in [2.75, 3.05) is 19.8 Å². The fraction of sp³-hybridized carbons (Fsp3) is 0.400. The largest absolute Gasteiger partial charge is 0.372 e. The zero-order valence-corrected chi connectivity index (χ0v) is 11.4. The van der Waals surface area contributed by atoms with E-state index < -0.39 is 0 Å². The van der Waals surface area contributed by atoms with Crippen LogP contribution in [0.2, 0.25) is 0 Å². The Balaban J connectivity index is 2.57. The predicted octanol–water partition coefficient (Wildman–Crippen LogP) is 1.21. The molecule has 1 unspecified atom stereocenters. The van der Waals surface area contributed by atoms with E-state index in [-0.39, 0.29) is 18.6 Å². The molecule has 0 heterocycles. The third-order valence-corrected chi connectivity index (χ3v) is 2.56. The third kappa shape index (κ3) is 5.56. The number of hydrogen-bond donors (Lipinski definition) is 2. The van der Waals surface area contributed by atoms with Gasteiger partial charge in [0, 0.05) is 12.2 Å². The zero-order valence-electron chi connectivity index (χ0n) is 11.4. The Kier molecular flexibility index (Phi) is 6.65. The number of nitrogens with one attached hydrogen (secondary N) is 1. The molecular formula is C15H20N2O2. The Bertz CT molecular complexity index is 457. The van der Waals surface area contributed by atoms with E-state index in [1.165, 1.54) is 0 Å². The summed E-state index contributed by atoms with van der Waals surface area (Å²) in [5.74, 6) is 5.65. The molecule has 0 aromatic heterocycles. The van der Waals surface area contributed by atoms with Crippen LogP contribution in [0.25, 0.3) is 0 Å². The van der Waals surface area contributed by atoms with Crippen molar-refractivity contribution in [2.45, 2.75) is 19.9 Å². The van der Waals surface area contributed by atoms with E-state index in [2.05, 4.69) is 17.2 Å². The number of hydrogen-bond acceptors (Lipinski definition) is 3. The monoisotopic (exact) mass is 260 g/mol. The predicted molar refractivity (Wildman–Crippen MR) is 75.4 cm³/mol. The first kappa shape index (κ1) is 15.2. The summed E-state index contributed by atoms with van der Waals surface area (Å²) < 4.78 is 5.05. The molecule has 0 saturated heterocycles. The van der Waals surface area contributed by atoms with Gasteiger partial charge in [0.2, 0.25) is 5.91 Å². The summed E-state index contributed by atoms with van der Waals surface area (Å²) in [4.78, 5) is 11.5.